The molecule has 0 fully saturated rings. The minimum absolute atomic E-state index is 0.557. The summed E-state index contributed by atoms with van der Waals surface area (Å²) in [7, 11) is 4.02. The summed E-state index contributed by atoms with van der Waals surface area (Å²) in [4.78, 5) is 0. The Kier molecular flexibility index (Phi) is 6.16. The lowest BCUT2D eigenvalue weighted by molar-refractivity contribution is 0.418. The Morgan fingerprint density at radius 1 is 1.39 bits per heavy atom. The van der Waals surface area contributed by atoms with E-state index in [1.807, 2.05) is 18.8 Å². The van der Waals surface area contributed by atoms with E-state index in [0.717, 1.165) is 41.6 Å². The predicted octanol–water partition coefficient (Wildman–Crippen LogP) is 3.20. The molecule has 1 aromatic heterocycles. The third-order valence-corrected chi connectivity index (χ3v) is 3.83. The molecule has 0 bridgehead atoms. The molecule has 1 N–H and O–H groups in total. The molecule has 0 spiro atoms. The highest BCUT2D eigenvalue weighted by molar-refractivity contribution is 6.31. The summed E-state index contributed by atoms with van der Waals surface area (Å²) in [5.74, 6) is 0.718. The zero-order valence-electron chi connectivity index (χ0n) is 12.3. The van der Waals surface area contributed by atoms with Gasteiger partial charge in [-0.25, -0.2) is 0 Å². The zero-order chi connectivity index (χ0) is 13.7. The van der Waals surface area contributed by atoms with E-state index in [1.165, 1.54) is 6.42 Å². The zero-order valence-corrected chi connectivity index (χ0v) is 13.0. The van der Waals surface area contributed by atoms with Crippen molar-refractivity contribution in [1.82, 2.24) is 15.1 Å². The van der Waals surface area contributed by atoms with E-state index in [0.29, 0.717) is 6.04 Å². The van der Waals surface area contributed by atoms with E-state index in [1.54, 1.807) is 0 Å². The third kappa shape index (κ3) is 3.99. The first-order chi connectivity index (χ1) is 8.49. The van der Waals surface area contributed by atoms with Crippen LogP contribution in [-0.4, -0.2) is 22.9 Å². The number of rotatable bonds is 7. The monoisotopic (exact) mass is 271 g/mol. The molecule has 18 heavy (non-hydrogen) atoms. The van der Waals surface area contributed by atoms with Gasteiger partial charge in [-0.05, 0) is 38.6 Å². The second-order valence-corrected chi connectivity index (χ2v) is 5.72. The Labute approximate surface area is 116 Å². The lowest BCUT2D eigenvalue weighted by Crippen LogP contribution is -2.27. The fraction of sp³-hybridized carbons (Fsp3) is 0.786. The summed E-state index contributed by atoms with van der Waals surface area (Å²) in [6.45, 7) is 6.61. The maximum atomic E-state index is 6.36. The van der Waals surface area contributed by atoms with Crippen LogP contribution in [0, 0.1) is 5.92 Å². The molecular weight excluding hydrogens is 246 g/mol. The molecule has 1 heterocycles. The molecule has 1 atom stereocenters. The van der Waals surface area contributed by atoms with Crippen LogP contribution in [0.4, 0.5) is 0 Å². The molecule has 0 saturated heterocycles. The summed E-state index contributed by atoms with van der Waals surface area (Å²) in [6.07, 6.45) is 4.19. The molecule has 4 heteroatoms. The summed E-state index contributed by atoms with van der Waals surface area (Å²) in [5, 5.41) is 8.71. The fourth-order valence-corrected chi connectivity index (χ4v) is 2.74. The second kappa shape index (κ2) is 7.15. The average molecular weight is 272 g/mol. The van der Waals surface area contributed by atoms with Gasteiger partial charge in [0, 0.05) is 13.1 Å². The van der Waals surface area contributed by atoms with Gasteiger partial charge >= 0.3 is 0 Å². The molecular formula is C14H26ClN3. The SMILES string of the molecule is CCc1nn(C)c(CCC(CC(C)C)NC)c1Cl. The Balaban J connectivity index is 2.64. The van der Waals surface area contributed by atoms with Gasteiger partial charge in [-0.1, -0.05) is 32.4 Å². The number of aromatic nitrogens is 2. The first-order valence-electron chi connectivity index (χ1n) is 6.87. The van der Waals surface area contributed by atoms with Gasteiger partial charge in [-0.3, -0.25) is 4.68 Å². The molecule has 3 nitrogen and oxygen atoms in total. The minimum Gasteiger partial charge on any atom is -0.317 e. The van der Waals surface area contributed by atoms with Crippen molar-refractivity contribution in [3.8, 4) is 0 Å². The van der Waals surface area contributed by atoms with E-state index in [-0.39, 0.29) is 0 Å². The molecule has 1 unspecified atom stereocenters. The fourth-order valence-electron chi connectivity index (χ4n) is 2.35. The smallest absolute Gasteiger partial charge is 0.0849 e. The number of hydrogen-bond donors (Lipinski definition) is 1. The van der Waals surface area contributed by atoms with Crippen LogP contribution in [-0.2, 0) is 19.9 Å². The first kappa shape index (κ1) is 15.5. The molecule has 0 amide bonds. The number of aryl methyl sites for hydroxylation is 2. The van der Waals surface area contributed by atoms with Crippen LogP contribution in [0.3, 0.4) is 0 Å². The van der Waals surface area contributed by atoms with E-state index >= 15 is 0 Å². The molecule has 1 aromatic rings. The number of halogens is 1. The van der Waals surface area contributed by atoms with Gasteiger partial charge in [0.2, 0.25) is 0 Å². The van der Waals surface area contributed by atoms with Gasteiger partial charge in [0.05, 0.1) is 16.4 Å². The van der Waals surface area contributed by atoms with Crippen LogP contribution < -0.4 is 5.32 Å². The van der Waals surface area contributed by atoms with Crippen molar-refractivity contribution in [3.63, 3.8) is 0 Å². The molecule has 0 aliphatic carbocycles. The molecule has 0 radical (unpaired) electrons. The van der Waals surface area contributed by atoms with E-state index in [4.69, 9.17) is 11.6 Å². The Morgan fingerprint density at radius 3 is 2.50 bits per heavy atom. The van der Waals surface area contributed by atoms with E-state index < -0.39 is 0 Å². The second-order valence-electron chi connectivity index (χ2n) is 5.34. The molecule has 0 aromatic carbocycles. The lowest BCUT2D eigenvalue weighted by Gasteiger charge is -2.18. The molecule has 0 aliphatic heterocycles. The summed E-state index contributed by atoms with van der Waals surface area (Å²) >= 11 is 6.36. The first-order valence-corrected chi connectivity index (χ1v) is 7.24. The normalized spacial score (nSPS) is 13.3. The van der Waals surface area contributed by atoms with Crippen LogP contribution in [0.2, 0.25) is 5.02 Å². The van der Waals surface area contributed by atoms with Crippen LogP contribution in [0.25, 0.3) is 0 Å². The van der Waals surface area contributed by atoms with Crippen molar-refractivity contribution >= 4 is 11.6 Å². The van der Waals surface area contributed by atoms with Crippen molar-refractivity contribution in [2.24, 2.45) is 13.0 Å². The largest absolute Gasteiger partial charge is 0.317 e. The maximum absolute atomic E-state index is 6.36. The Bertz CT molecular complexity index is 371. The highest BCUT2D eigenvalue weighted by Gasteiger charge is 2.15. The highest BCUT2D eigenvalue weighted by atomic mass is 35.5. The topological polar surface area (TPSA) is 29.9 Å². The number of nitrogens with zero attached hydrogens (tertiary/aromatic N) is 2. The maximum Gasteiger partial charge on any atom is 0.0849 e. The van der Waals surface area contributed by atoms with Crippen LogP contribution >= 0.6 is 11.6 Å². The van der Waals surface area contributed by atoms with Gasteiger partial charge in [0.25, 0.3) is 0 Å². The van der Waals surface area contributed by atoms with E-state index in [9.17, 15) is 0 Å². The van der Waals surface area contributed by atoms with Gasteiger partial charge in [0.1, 0.15) is 0 Å². The third-order valence-electron chi connectivity index (χ3n) is 3.40. The minimum atomic E-state index is 0.557. The lowest BCUT2D eigenvalue weighted by atomic mass is 9.99. The molecule has 0 aliphatic rings. The quantitative estimate of drug-likeness (QED) is 0.825. The van der Waals surface area contributed by atoms with Crippen molar-refractivity contribution < 1.29 is 0 Å². The number of hydrogen-bond acceptors (Lipinski definition) is 2. The van der Waals surface area contributed by atoms with Crippen LogP contribution in [0.5, 0.6) is 0 Å². The summed E-state index contributed by atoms with van der Waals surface area (Å²) < 4.78 is 1.93. The van der Waals surface area contributed by atoms with Gasteiger partial charge < -0.3 is 5.32 Å². The van der Waals surface area contributed by atoms with Crippen molar-refractivity contribution in [2.45, 2.75) is 52.5 Å². The Morgan fingerprint density at radius 2 is 2.06 bits per heavy atom. The predicted molar refractivity (Wildman–Crippen MR) is 78.2 cm³/mol. The number of nitrogens with one attached hydrogen (secondary N) is 1. The highest BCUT2D eigenvalue weighted by Crippen LogP contribution is 2.23. The van der Waals surface area contributed by atoms with Crippen molar-refractivity contribution in [1.29, 1.82) is 0 Å². The standard InChI is InChI=1S/C14H26ClN3/c1-6-12-14(15)13(18(5)17-12)8-7-11(16-4)9-10(2)3/h10-11,16H,6-9H2,1-5H3. The Hall–Kier alpha value is -0.540. The molecule has 104 valence electrons. The molecule has 1 rings (SSSR count). The average Bonchev–Trinajstić information content (AvgIpc) is 2.59. The summed E-state index contributed by atoms with van der Waals surface area (Å²) in [5.41, 5.74) is 2.18. The van der Waals surface area contributed by atoms with Crippen molar-refractivity contribution in [3.05, 3.63) is 16.4 Å². The van der Waals surface area contributed by atoms with Gasteiger partial charge in [-0.15, -0.1) is 0 Å². The summed E-state index contributed by atoms with van der Waals surface area (Å²) in [6, 6.07) is 0.557. The van der Waals surface area contributed by atoms with Gasteiger partial charge in [-0.2, -0.15) is 5.10 Å². The van der Waals surface area contributed by atoms with Gasteiger partial charge in [0.15, 0.2) is 0 Å². The van der Waals surface area contributed by atoms with Crippen LogP contribution in [0.1, 0.15) is 45.0 Å². The van der Waals surface area contributed by atoms with Crippen LogP contribution in [0.15, 0.2) is 0 Å². The van der Waals surface area contributed by atoms with Crippen molar-refractivity contribution in [2.75, 3.05) is 7.05 Å². The molecule has 0 saturated carbocycles. The van der Waals surface area contributed by atoms with E-state index in [2.05, 4.69) is 31.2 Å².